The minimum atomic E-state index is 0.228. The Morgan fingerprint density at radius 2 is 2.05 bits per heavy atom. The van der Waals surface area contributed by atoms with Gasteiger partial charge >= 0.3 is 0 Å². The molecule has 0 radical (unpaired) electrons. The van der Waals surface area contributed by atoms with E-state index < -0.39 is 0 Å². The summed E-state index contributed by atoms with van der Waals surface area (Å²) >= 11 is 0. The zero-order valence-electron chi connectivity index (χ0n) is 12.7. The van der Waals surface area contributed by atoms with Crippen LogP contribution in [0.5, 0.6) is 0 Å². The predicted molar refractivity (Wildman–Crippen MR) is 83.0 cm³/mol. The van der Waals surface area contributed by atoms with Gasteiger partial charge in [0.2, 0.25) is 5.91 Å². The summed E-state index contributed by atoms with van der Waals surface area (Å²) in [5, 5.41) is 0. The molecule has 0 spiro atoms. The quantitative estimate of drug-likeness (QED) is 0.833. The lowest BCUT2D eigenvalue weighted by Crippen LogP contribution is -2.48. The number of nitrogens with zero attached hydrogens (tertiary/aromatic N) is 1. The number of benzene rings is 1. The Balaban J connectivity index is 1.42. The maximum Gasteiger partial charge on any atom is 0.225 e. The zero-order chi connectivity index (χ0) is 14.5. The Hall–Kier alpha value is -1.35. The molecule has 0 aromatic heterocycles. The number of rotatable bonds is 5. The summed E-state index contributed by atoms with van der Waals surface area (Å²) in [6.45, 7) is 2.28. The first-order valence-corrected chi connectivity index (χ1v) is 8.27. The first-order valence-electron chi connectivity index (χ1n) is 8.27. The van der Waals surface area contributed by atoms with E-state index in [0.717, 1.165) is 45.2 Å². The highest BCUT2D eigenvalue weighted by Gasteiger charge is 2.32. The average Bonchev–Trinajstić information content (AvgIpc) is 2.47. The van der Waals surface area contributed by atoms with E-state index in [9.17, 15) is 4.79 Å². The van der Waals surface area contributed by atoms with Crippen LogP contribution in [-0.2, 0) is 16.0 Å². The number of hydrogen-bond donors (Lipinski definition) is 0. The Morgan fingerprint density at radius 1 is 1.24 bits per heavy atom. The molecule has 3 rings (SSSR count). The van der Waals surface area contributed by atoms with Crippen molar-refractivity contribution in [2.45, 2.75) is 44.6 Å². The standard InChI is InChI=1S/C18H25NO2/c20-18(16-9-5-10-16)19-12-13-21-17(14-19)11-4-8-15-6-2-1-3-7-15/h1-3,6-7,16-17H,4-5,8-14H2/t17-/m1/s1. The fraction of sp³-hybridized carbons (Fsp3) is 0.611. The monoisotopic (exact) mass is 287 g/mol. The van der Waals surface area contributed by atoms with Gasteiger partial charge in [-0.05, 0) is 37.7 Å². The van der Waals surface area contributed by atoms with Gasteiger partial charge in [0.1, 0.15) is 0 Å². The van der Waals surface area contributed by atoms with Crippen LogP contribution in [-0.4, -0.2) is 36.6 Å². The SMILES string of the molecule is O=C(C1CCC1)N1CCO[C@H](CCCc2ccccc2)C1. The highest BCUT2D eigenvalue weighted by atomic mass is 16.5. The van der Waals surface area contributed by atoms with Crippen LogP contribution in [0.1, 0.15) is 37.7 Å². The van der Waals surface area contributed by atoms with Crippen LogP contribution in [0.3, 0.4) is 0 Å². The molecular weight excluding hydrogens is 262 g/mol. The summed E-state index contributed by atoms with van der Waals surface area (Å²) in [4.78, 5) is 14.3. The number of aryl methyl sites for hydroxylation is 1. The van der Waals surface area contributed by atoms with E-state index in [4.69, 9.17) is 4.74 Å². The van der Waals surface area contributed by atoms with E-state index in [2.05, 4.69) is 30.3 Å². The van der Waals surface area contributed by atoms with Gasteiger partial charge in [-0.1, -0.05) is 36.8 Å². The van der Waals surface area contributed by atoms with Gasteiger partial charge in [0.05, 0.1) is 12.7 Å². The molecule has 1 aliphatic carbocycles. The smallest absolute Gasteiger partial charge is 0.225 e. The molecule has 1 atom stereocenters. The van der Waals surface area contributed by atoms with Crippen molar-refractivity contribution in [2.24, 2.45) is 5.92 Å². The minimum Gasteiger partial charge on any atom is -0.375 e. The Kier molecular flexibility index (Phi) is 4.91. The summed E-state index contributed by atoms with van der Waals surface area (Å²) in [7, 11) is 0. The fourth-order valence-corrected chi connectivity index (χ4v) is 3.19. The second-order valence-corrected chi connectivity index (χ2v) is 6.28. The first kappa shape index (κ1) is 14.6. The van der Waals surface area contributed by atoms with Crippen LogP contribution in [0.2, 0.25) is 0 Å². The molecule has 21 heavy (non-hydrogen) atoms. The van der Waals surface area contributed by atoms with Crippen molar-refractivity contribution in [2.75, 3.05) is 19.7 Å². The van der Waals surface area contributed by atoms with Crippen LogP contribution in [0.15, 0.2) is 30.3 Å². The van der Waals surface area contributed by atoms with Crippen LogP contribution in [0, 0.1) is 5.92 Å². The molecule has 0 unspecified atom stereocenters. The Labute approximate surface area is 127 Å². The normalized spacial score (nSPS) is 22.9. The molecule has 3 nitrogen and oxygen atoms in total. The van der Waals surface area contributed by atoms with E-state index in [1.807, 2.05) is 4.90 Å². The summed E-state index contributed by atoms with van der Waals surface area (Å²) in [6, 6.07) is 10.6. The molecule has 2 aliphatic rings. The number of hydrogen-bond acceptors (Lipinski definition) is 2. The Morgan fingerprint density at radius 3 is 2.76 bits per heavy atom. The third-order valence-corrected chi connectivity index (χ3v) is 4.74. The number of amides is 1. The van der Waals surface area contributed by atoms with E-state index in [0.29, 0.717) is 18.4 Å². The molecular formula is C18H25NO2. The molecule has 1 aromatic rings. The van der Waals surface area contributed by atoms with Crippen molar-refractivity contribution in [3.05, 3.63) is 35.9 Å². The van der Waals surface area contributed by atoms with E-state index >= 15 is 0 Å². The third-order valence-electron chi connectivity index (χ3n) is 4.74. The molecule has 1 saturated carbocycles. The van der Waals surface area contributed by atoms with Crippen molar-refractivity contribution in [3.8, 4) is 0 Å². The number of ether oxygens (including phenoxy) is 1. The van der Waals surface area contributed by atoms with Gasteiger partial charge in [0.25, 0.3) is 0 Å². The van der Waals surface area contributed by atoms with Crippen molar-refractivity contribution in [1.29, 1.82) is 0 Å². The van der Waals surface area contributed by atoms with E-state index in [1.165, 1.54) is 12.0 Å². The van der Waals surface area contributed by atoms with Crippen molar-refractivity contribution >= 4 is 5.91 Å². The second-order valence-electron chi connectivity index (χ2n) is 6.28. The largest absolute Gasteiger partial charge is 0.375 e. The van der Waals surface area contributed by atoms with Gasteiger partial charge in [-0.15, -0.1) is 0 Å². The first-order chi connectivity index (χ1) is 10.3. The van der Waals surface area contributed by atoms with Gasteiger partial charge < -0.3 is 9.64 Å². The van der Waals surface area contributed by atoms with Crippen molar-refractivity contribution in [3.63, 3.8) is 0 Å². The molecule has 1 aromatic carbocycles. The lowest BCUT2D eigenvalue weighted by molar-refractivity contribution is -0.146. The number of morpholine rings is 1. The van der Waals surface area contributed by atoms with Crippen LogP contribution < -0.4 is 0 Å². The fourth-order valence-electron chi connectivity index (χ4n) is 3.19. The van der Waals surface area contributed by atoms with Crippen LogP contribution >= 0.6 is 0 Å². The summed E-state index contributed by atoms with van der Waals surface area (Å²) in [5.41, 5.74) is 1.38. The topological polar surface area (TPSA) is 29.5 Å². The third kappa shape index (κ3) is 3.85. The molecule has 0 N–H and O–H groups in total. The van der Waals surface area contributed by atoms with Gasteiger partial charge in [0.15, 0.2) is 0 Å². The molecule has 114 valence electrons. The minimum absolute atomic E-state index is 0.228. The van der Waals surface area contributed by atoms with Crippen molar-refractivity contribution in [1.82, 2.24) is 4.90 Å². The molecule has 1 amide bonds. The highest BCUT2D eigenvalue weighted by Crippen LogP contribution is 2.29. The van der Waals surface area contributed by atoms with E-state index in [1.54, 1.807) is 0 Å². The maximum atomic E-state index is 12.3. The molecule has 3 heteroatoms. The average molecular weight is 287 g/mol. The predicted octanol–water partition coefficient (Wildman–Crippen LogP) is 3.04. The number of carbonyl (C=O) groups excluding carboxylic acids is 1. The van der Waals surface area contributed by atoms with Gasteiger partial charge in [-0.25, -0.2) is 0 Å². The van der Waals surface area contributed by atoms with Gasteiger partial charge in [0, 0.05) is 19.0 Å². The summed E-state index contributed by atoms with van der Waals surface area (Å²) in [6.07, 6.45) is 6.90. The highest BCUT2D eigenvalue weighted by molar-refractivity contribution is 5.79. The lowest BCUT2D eigenvalue weighted by atomic mass is 9.84. The van der Waals surface area contributed by atoms with Crippen LogP contribution in [0.4, 0.5) is 0 Å². The maximum absolute atomic E-state index is 12.3. The number of carbonyl (C=O) groups is 1. The lowest BCUT2D eigenvalue weighted by Gasteiger charge is -2.37. The second kappa shape index (κ2) is 7.08. The molecule has 1 saturated heterocycles. The van der Waals surface area contributed by atoms with E-state index in [-0.39, 0.29) is 6.10 Å². The molecule has 0 bridgehead atoms. The van der Waals surface area contributed by atoms with Gasteiger partial charge in [-0.3, -0.25) is 4.79 Å². The molecule has 1 aliphatic heterocycles. The van der Waals surface area contributed by atoms with Gasteiger partial charge in [-0.2, -0.15) is 0 Å². The van der Waals surface area contributed by atoms with Crippen LogP contribution in [0.25, 0.3) is 0 Å². The Bertz CT molecular complexity index is 456. The van der Waals surface area contributed by atoms with Crippen molar-refractivity contribution < 1.29 is 9.53 Å². The molecule has 1 heterocycles. The summed E-state index contributed by atoms with van der Waals surface area (Å²) in [5.74, 6) is 0.686. The molecule has 2 fully saturated rings. The zero-order valence-corrected chi connectivity index (χ0v) is 12.7. The summed E-state index contributed by atoms with van der Waals surface area (Å²) < 4.78 is 5.83.